The SMILES string of the molecule is CC1(COc2ccc3c(c2)nc(O)n3-c2ccc3cccc(N4CCC(N)CC4)c3n2)COC1. The van der Waals surface area contributed by atoms with Crippen molar-refractivity contribution in [2.75, 3.05) is 37.8 Å². The van der Waals surface area contributed by atoms with E-state index in [4.69, 9.17) is 20.2 Å². The lowest BCUT2D eigenvalue weighted by molar-refractivity contribution is -0.120. The number of rotatable bonds is 5. The van der Waals surface area contributed by atoms with Crippen LogP contribution in [0.1, 0.15) is 19.8 Å². The van der Waals surface area contributed by atoms with Gasteiger partial charge >= 0.3 is 6.01 Å². The Morgan fingerprint density at radius 1 is 1.12 bits per heavy atom. The van der Waals surface area contributed by atoms with E-state index in [1.54, 1.807) is 4.57 Å². The fourth-order valence-corrected chi connectivity index (χ4v) is 4.80. The van der Waals surface area contributed by atoms with Crippen molar-refractivity contribution in [2.45, 2.75) is 25.8 Å². The zero-order chi connectivity index (χ0) is 23.3. The Morgan fingerprint density at radius 2 is 1.94 bits per heavy atom. The topological polar surface area (TPSA) is 98.7 Å². The molecule has 0 saturated carbocycles. The predicted molar refractivity (Wildman–Crippen MR) is 132 cm³/mol. The van der Waals surface area contributed by atoms with Gasteiger partial charge in [-0.05, 0) is 43.2 Å². The molecule has 34 heavy (non-hydrogen) atoms. The van der Waals surface area contributed by atoms with Gasteiger partial charge < -0.3 is 25.2 Å². The monoisotopic (exact) mass is 459 g/mol. The first-order valence-electron chi connectivity index (χ1n) is 11.8. The van der Waals surface area contributed by atoms with E-state index in [0.717, 1.165) is 53.8 Å². The number of pyridine rings is 1. The van der Waals surface area contributed by atoms with Crippen LogP contribution in [0, 0.1) is 5.41 Å². The zero-order valence-corrected chi connectivity index (χ0v) is 19.3. The standard InChI is InChI=1S/C26H29N5O3/c1-26(14-33-15-26)16-34-19-6-7-21-20(13-19)28-25(32)31(21)23-8-5-17-3-2-4-22(24(17)29-23)30-11-9-18(27)10-12-30/h2-8,13,18H,9-12,14-16,27H2,1H3,(H,28,32). The Balaban J connectivity index is 1.35. The van der Waals surface area contributed by atoms with Crippen molar-refractivity contribution in [1.82, 2.24) is 14.5 Å². The van der Waals surface area contributed by atoms with Gasteiger partial charge in [0.2, 0.25) is 0 Å². The number of piperidine rings is 1. The molecule has 176 valence electrons. The van der Waals surface area contributed by atoms with E-state index < -0.39 is 0 Å². The van der Waals surface area contributed by atoms with Crippen molar-refractivity contribution < 1.29 is 14.6 Å². The second-order valence-corrected chi connectivity index (χ2v) is 9.83. The molecule has 2 aliphatic rings. The highest BCUT2D eigenvalue weighted by Gasteiger charge is 2.34. The van der Waals surface area contributed by atoms with Crippen LogP contribution in [0.3, 0.4) is 0 Å². The molecule has 8 heteroatoms. The van der Waals surface area contributed by atoms with E-state index in [1.807, 2.05) is 30.3 Å². The molecule has 2 aliphatic heterocycles. The summed E-state index contributed by atoms with van der Waals surface area (Å²) in [5.74, 6) is 1.35. The van der Waals surface area contributed by atoms with Gasteiger partial charge in [-0.2, -0.15) is 4.98 Å². The average molecular weight is 460 g/mol. The molecule has 2 aromatic carbocycles. The van der Waals surface area contributed by atoms with Gasteiger partial charge in [-0.25, -0.2) is 9.55 Å². The largest absolute Gasteiger partial charge is 0.493 e. The van der Waals surface area contributed by atoms with Crippen LogP contribution in [-0.4, -0.2) is 58.6 Å². The first-order chi connectivity index (χ1) is 16.5. The van der Waals surface area contributed by atoms with Gasteiger partial charge in [-0.3, -0.25) is 0 Å². The molecule has 0 aliphatic carbocycles. The van der Waals surface area contributed by atoms with Gasteiger partial charge in [0, 0.05) is 36.0 Å². The zero-order valence-electron chi connectivity index (χ0n) is 19.3. The molecular weight excluding hydrogens is 430 g/mol. The number of ether oxygens (including phenoxy) is 2. The summed E-state index contributed by atoms with van der Waals surface area (Å²) in [6, 6.07) is 16.1. The summed E-state index contributed by atoms with van der Waals surface area (Å²) in [7, 11) is 0. The van der Waals surface area contributed by atoms with Crippen LogP contribution in [0.5, 0.6) is 11.8 Å². The average Bonchev–Trinajstić information content (AvgIpc) is 3.16. The Labute approximate surface area is 197 Å². The van der Waals surface area contributed by atoms with Crippen molar-refractivity contribution in [3.8, 4) is 17.6 Å². The molecule has 4 heterocycles. The molecular formula is C26H29N5O3. The molecule has 2 fully saturated rings. The third-order valence-corrected chi connectivity index (χ3v) is 6.89. The second kappa shape index (κ2) is 8.14. The number of hydrogen-bond acceptors (Lipinski definition) is 7. The number of aromatic nitrogens is 3. The number of anilines is 1. The van der Waals surface area contributed by atoms with Gasteiger partial charge in [0.1, 0.15) is 11.6 Å². The number of benzene rings is 2. The first kappa shape index (κ1) is 21.2. The molecule has 8 nitrogen and oxygen atoms in total. The maximum Gasteiger partial charge on any atom is 0.300 e. The summed E-state index contributed by atoms with van der Waals surface area (Å²) in [5.41, 5.74) is 9.61. The molecule has 3 N–H and O–H groups in total. The van der Waals surface area contributed by atoms with Gasteiger partial charge in [0.05, 0.1) is 42.1 Å². The van der Waals surface area contributed by atoms with E-state index in [2.05, 4.69) is 35.0 Å². The highest BCUT2D eigenvalue weighted by Crippen LogP contribution is 2.33. The molecule has 0 atom stereocenters. The molecule has 0 spiro atoms. The third kappa shape index (κ3) is 3.73. The number of para-hydroxylation sites is 1. The van der Waals surface area contributed by atoms with Crippen LogP contribution in [0.25, 0.3) is 27.8 Å². The lowest BCUT2D eigenvalue weighted by Gasteiger charge is -2.37. The normalized spacial score (nSPS) is 18.4. The van der Waals surface area contributed by atoms with Gasteiger partial charge in [0.15, 0.2) is 0 Å². The van der Waals surface area contributed by atoms with Crippen LogP contribution in [0.4, 0.5) is 5.69 Å². The van der Waals surface area contributed by atoms with Crippen LogP contribution >= 0.6 is 0 Å². The smallest absolute Gasteiger partial charge is 0.300 e. The fourth-order valence-electron chi connectivity index (χ4n) is 4.80. The van der Waals surface area contributed by atoms with E-state index in [9.17, 15) is 5.11 Å². The number of nitrogens with two attached hydrogens (primary N) is 1. The van der Waals surface area contributed by atoms with E-state index in [-0.39, 0.29) is 17.5 Å². The molecule has 6 rings (SSSR count). The minimum absolute atomic E-state index is 0.0581. The van der Waals surface area contributed by atoms with E-state index >= 15 is 0 Å². The third-order valence-electron chi connectivity index (χ3n) is 6.89. The summed E-state index contributed by atoms with van der Waals surface area (Å²) in [6.07, 6.45) is 1.94. The van der Waals surface area contributed by atoms with Gasteiger partial charge in [-0.15, -0.1) is 0 Å². The van der Waals surface area contributed by atoms with Crippen LogP contribution in [0.2, 0.25) is 0 Å². The summed E-state index contributed by atoms with van der Waals surface area (Å²) >= 11 is 0. The Kier molecular flexibility index (Phi) is 5.08. The molecule has 0 bridgehead atoms. The maximum absolute atomic E-state index is 10.7. The highest BCUT2D eigenvalue weighted by atomic mass is 16.5. The Hall–Kier alpha value is -3.36. The van der Waals surface area contributed by atoms with Crippen LogP contribution < -0.4 is 15.4 Å². The number of aromatic hydroxyl groups is 1. The summed E-state index contributed by atoms with van der Waals surface area (Å²) in [6.45, 7) is 5.99. The lowest BCUT2D eigenvalue weighted by atomic mass is 9.90. The van der Waals surface area contributed by atoms with Crippen molar-refractivity contribution >= 4 is 27.6 Å². The van der Waals surface area contributed by atoms with Gasteiger partial charge in [0.25, 0.3) is 0 Å². The number of imidazole rings is 1. The minimum atomic E-state index is -0.0974. The summed E-state index contributed by atoms with van der Waals surface area (Å²) < 4.78 is 13.0. The van der Waals surface area contributed by atoms with Crippen LogP contribution in [0.15, 0.2) is 48.5 Å². The Morgan fingerprint density at radius 3 is 2.71 bits per heavy atom. The lowest BCUT2D eigenvalue weighted by Crippen LogP contribution is -2.44. The maximum atomic E-state index is 10.7. The quantitative estimate of drug-likeness (QED) is 0.470. The molecule has 2 saturated heterocycles. The van der Waals surface area contributed by atoms with Crippen molar-refractivity contribution in [2.24, 2.45) is 11.1 Å². The van der Waals surface area contributed by atoms with Crippen molar-refractivity contribution in [3.05, 3.63) is 48.5 Å². The molecule has 2 aromatic heterocycles. The first-order valence-corrected chi connectivity index (χ1v) is 11.8. The predicted octanol–water partition coefficient (Wildman–Crippen LogP) is 3.62. The molecule has 0 radical (unpaired) electrons. The second-order valence-electron chi connectivity index (χ2n) is 9.83. The molecule has 0 amide bonds. The van der Waals surface area contributed by atoms with E-state index in [0.29, 0.717) is 31.2 Å². The molecule has 0 unspecified atom stereocenters. The van der Waals surface area contributed by atoms with Crippen molar-refractivity contribution in [3.63, 3.8) is 0 Å². The minimum Gasteiger partial charge on any atom is -0.493 e. The van der Waals surface area contributed by atoms with E-state index in [1.165, 1.54) is 0 Å². The fraction of sp³-hybridized carbons (Fsp3) is 0.385. The number of fused-ring (bicyclic) bond motifs is 2. The number of hydrogen-bond donors (Lipinski definition) is 2. The highest BCUT2D eigenvalue weighted by molar-refractivity contribution is 5.92. The number of nitrogens with zero attached hydrogens (tertiary/aromatic N) is 4. The Bertz CT molecular complexity index is 1360. The molecule has 4 aromatic rings. The summed E-state index contributed by atoms with van der Waals surface area (Å²) in [5, 5.41) is 11.8. The van der Waals surface area contributed by atoms with Gasteiger partial charge in [-0.1, -0.05) is 19.1 Å². The summed E-state index contributed by atoms with van der Waals surface area (Å²) in [4.78, 5) is 11.7. The van der Waals surface area contributed by atoms with Crippen LogP contribution in [-0.2, 0) is 4.74 Å². The van der Waals surface area contributed by atoms with Crippen molar-refractivity contribution in [1.29, 1.82) is 0 Å².